The number of benzene rings is 8. The van der Waals surface area contributed by atoms with Gasteiger partial charge in [0, 0.05) is 50.3 Å². The van der Waals surface area contributed by atoms with Crippen LogP contribution in [-0.2, 0) is 0 Å². The van der Waals surface area contributed by atoms with Gasteiger partial charge in [0.25, 0.3) is 0 Å². The lowest BCUT2D eigenvalue weighted by Crippen LogP contribution is -2.00. The maximum atomic E-state index is 5.05. The molecule has 5 nitrogen and oxygen atoms in total. The van der Waals surface area contributed by atoms with E-state index in [-0.39, 0.29) is 0 Å². The molecule has 57 heavy (non-hydrogen) atoms. The molecule has 0 fully saturated rings. The molecule has 0 aliphatic rings. The van der Waals surface area contributed by atoms with E-state index in [4.69, 9.17) is 19.9 Å². The third-order valence-corrected chi connectivity index (χ3v) is 10.9. The van der Waals surface area contributed by atoms with Crippen LogP contribution in [0.1, 0.15) is 0 Å². The number of rotatable bonds is 6. The molecule has 11 rings (SSSR count). The molecule has 0 amide bonds. The molecule has 266 valence electrons. The van der Waals surface area contributed by atoms with Gasteiger partial charge in [-0.05, 0) is 69.9 Å². The van der Waals surface area contributed by atoms with Gasteiger partial charge < -0.3 is 4.57 Å². The topological polar surface area (TPSA) is 56.5 Å². The Morgan fingerprint density at radius 1 is 0.333 bits per heavy atom. The first-order chi connectivity index (χ1) is 28.2. The first kappa shape index (κ1) is 32.7. The van der Waals surface area contributed by atoms with Crippen molar-refractivity contribution in [2.45, 2.75) is 0 Å². The van der Waals surface area contributed by atoms with E-state index in [1.54, 1.807) is 0 Å². The van der Waals surface area contributed by atoms with Crippen molar-refractivity contribution >= 4 is 43.5 Å². The first-order valence-electron chi connectivity index (χ1n) is 19.1. The Morgan fingerprint density at radius 2 is 0.860 bits per heavy atom. The van der Waals surface area contributed by atoms with Crippen molar-refractivity contribution in [2.75, 3.05) is 0 Å². The van der Waals surface area contributed by atoms with Gasteiger partial charge in [0.1, 0.15) is 0 Å². The van der Waals surface area contributed by atoms with Gasteiger partial charge >= 0.3 is 0 Å². The molecule has 0 spiro atoms. The minimum absolute atomic E-state index is 0.634. The summed E-state index contributed by atoms with van der Waals surface area (Å²) < 4.78 is 2.34. The number of nitrogens with zero attached hydrogens (tertiary/aromatic N) is 5. The van der Waals surface area contributed by atoms with E-state index < -0.39 is 0 Å². The average Bonchev–Trinajstić information content (AvgIpc) is 3.63. The van der Waals surface area contributed by atoms with Gasteiger partial charge in [-0.2, -0.15) is 0 Å². The van der Waals surface area contributed by atoms with Crippen LogP contribution in [0.15, 0.2) is 200 Å². The summed E-state index contributed by atoms with van der Waals surface area (Å²) in [7, 11) is 0. The highest BCUT2D eigenvalue weighted by Gasteiger charge is 2.15. The first-order valence-corrected chi connectivity index (χ1v) is 19.1. The fourth-order valence-electron chi connectivity index (χ4n) is 8.05. The number of fused-ring (bicyclic) bond motifs is 5. The second kappa shape index (κ2) is 13.5. The molecule has 0 atom stereocenters. The zero-order valence-electron chi connectivity index (χ0n) is 30.8. The van der Waals surface area contributed by atoms with Crippen LogP contribution in [0.25, 0.3) is 106 Å². The standard InChI is InChI=1S/C52H33N5/c1-2-12-37(13-3-1)50-54-51(56-52(55-50)46-18-10-14-36-11-4-5-15-43(36)46)38-23-21-34(22-24-38)39-27-30-47-40(31-39)32-41(33-53-47)35-25-28-42(29-26-35)57-48-19-8-6-16-44(48)45-17-7-9-20-49(45)57/h1-33H. The number of hydrogen-bond donors (Lipinski definition) is 0. The Balaban J connectivity index is 0.921. The van der Waals surface area contributed by atoms with Crippen LogP contribution in [0.5, 0.6) is 0 Å². The van der Waals surface area contributed by atoms with Crippen LogP contribution in [-0.4, -0.2) is 24.5 Å². The number of hydrogen-bond acceptors (Lipinski definition) is 4. The molecule has 0 bridgehead atoms. The van der Waals surface area contributed by atoms with Gasteiger partial charge in [0.2, 0.25) is 0 Å². The SMILES string of the molecule is c1ccc(-c2nc(-c3ccc(-c4ccc5ncc(-c6ccc(-n7c8ccccc8c8ccccc87)cc6)cc5c4)cc3)nc(-c3cccc4ccccc34)n2)cc1. The monoisotopic (exact) mass is 727 g/mol. The van der Waals surface area contributed by atoms with Crippen molar-refractivity contribution in [1.82, 2.24) is 24.5 Å². The quantitative estimate of drug-likeness (QED) is 0.171. The van der Waals surface area contributed by atoms with E-state index in [1.807, 2.05) is 36.5 Å². The average molecular weight is 728 g/mol. The normalized spacial score (nSPS) is 11.5. The van der Waals surface area contributed by atoms with Crippen molar-refractivity contribution in [3.05, 3.63) is 200 Å². The Labute approximate surface area is 329 Å². The molecule has 0 aliphatic heterocycles. The van der Waals surface area contributed by atoms with E-state index in [1.165, 1.54) is 21.8 Å². The van der Waals surface area contributed by atoms with Crippen molar-refractivity contribution < 1.29 is 0 Å². The summed E-state index contributed by atoms with van der Waals surface area (Å²) >= 11 is 0. The molecule has 0 aliphatic carbocycles. The molecular formula is C52H33N5. The largest absolute Gasteiger partial charge is 0.309 e. The Bertz CT molecular complexity index is 3220. The van der Waals surface area contributed by atoms with Gasteiger partial charge in [-0.1, -0.05) is 152 Å². The molecule has 8 aromatic carbocycles. The Hall–Kier alpha value is -7.76. The third kappa shape index (κ3) is 5.81. The van der Waals surface area contributed by atoms with Crippen LogP contribution >= 0.6 is 0 Å². The Morgan fingerprint density at radius 3 is 1.60 bits per heavy atom. The fourth-order valence-corrected chi connectivity index (χ4v) is 8.05. The highest BCUT2D eigenvalue weighted by Crippen LogP contribution is 2.34. The second-order valence-electron chi connectivity index (χ2n) is 14.3. The second-order valence-corrected chi connectivity index (χ2v) is 14.3. The zero-order chi connectivity index (χ0) is 37.7. The highest BCUT2D eigenvalue weighted by atomic mass is 15.0. The van der Waals surface area contributed by atoms with E-state index >= 15 is 0 Å². The lowest BCUT2D eigenvalue weighted by molar-refractivity contribution is 1.08. The summed E-state index contributed by atoms with van der Waals surface area (Å²) in [5.41, 5.74) is 11.8. The molecule has 0 unspecified atom stereocenters. The van der Waals surface area contributed by atoms with Crippen LogP contribution in [0.3, 0.4) is 0 Å². The summed E-state index contributed by atoms with van der Waals surface area (Å²) in [4.78, 5) is 19.9. The van der Waals surface area contributed by atoms with E-state index in [2.05, 4.69) is 168 Å². The molecule has 0 saturated carbocycles. The summed E-state index contributed by atoms with van der Waals surface area (Å²) in [5, 5.41) is 5.86. The third-order valence-electron chi connectivity index (χ3n) is 10.9. The van der Waals surface area contributed by atoms with Crippen molar-refractivity contribution in [3.63, 3.8) is 0 Å². The molecule has 11 aromatic rings. The van der Waals surface area contributed by atoms with Crippen LogP contribution in [0.2, 0.25) is 0 Å². The maximum absolute atomic E-state index is 5.05. The van der Waals surface area contributed by atoms with Crippen molar-refractivity contribution in [1.29, 1.82) is 0 Å². The number of para-hydroxylation sites is 2. The fraction of sp³-hybridized carbons (Fsp3) is 0. The predicted molar refractivity (Wildman–Crippen MR) is 234 cm³/mol. The van der Waals surface area contributed by atoms with Crippen LogP contribution in [0.4, 0.5) is 0 Å². The minimum Gasteiger partial charge on any atom is -0.309 e. The van der Waals surface area contributed by atoms with Crippen molar-refractivity contribution in [3.8, 4) is 62.1 Å². The molecule has 3 heterocycles. The number of aromatic nitrogens is 5. The van der Waals surface area contributed by atoms with E-state index in [0.29, 0.717) is 17.5 Å². The molecule has 5 heteroatoms. The highest BCUT2D eigenvalue weighted by molar-refractivity contribution is 6.09. The lowest BCUT2D eigenvalue weighted by Gasteiger charge is -2.11. The van der Waals surface area contributed by atoms with Gasteiger partial charge in [0.05, 0.1) is 16.6 Å². The molecule has 0 saturated heterocycles. The van der Waals surface area contributed by atoms with Gasteiger partial charge in [-0.25, -0.2) is 15.0 Å². The Kier molecular flexibility index (Phi) is 7.74. The minimum atomic E-state index is 0.634. The molecule has 0 radical (unpaired) electrons. The van der Waals surface area contributed by atoms with Crippen molar-refractivity contribution in [2.24, 2.45) is 0 Å². The zero-order valence-corrected chi connectivity index (χ0v) is 30.8. The van der Waals surface area contributed by atoms with Gasteiger partial charge in [-0.15, -0.1) is 0 Å². The van der Waals surface area contributed by atoms with Gasteiger partial charge in [-0.3, -0.25) is 4.98 Å². The summed E-state index contributed by atoms with van der Waals surface area (Å²) in [6.07, 6.45) is 1.97. The lowest BCUT2D eigenvalue weighted by atomic mass is 10.00. The smallest absolute Gasteiger partial charge is 0.164 e. The molecule has 3 aromatic heterocycles. The summed E-state index contributed by atoms with van der Waals surface area (Å²) in [6, 6.07) is 67.9. The maximum Gasteiger partial charge on any atom is 0.164 e. The van der Waals surface area contributed by atoms with Crippen LogP contribution in [0, 0.1) is 0 Å². The number of pyridine rings is 1. The molecular weight excluding hydrogens is 695 g/mol. The van der Waals surface area contributed by atoms with Crippen LogP contribution < -0.4 is 0 Å². The van der Waals surface area contributed by atoms with Gasteiger partial charge in [0.15, 0.2) is 17.5 Å². The molecule has 0 N–H and O–H groups in total. The van der Waals surface area contributed by atoms with E-state index in [0.717, 1.165) is 66.3 Å². The van der Waals surface area contributed by atoms with E-state index in [9.17, 15) is 0 Å². The predicted octanol–water partition coefficient (Wildman–Crippen LogP) is 13.0. The summed E-state index contributed by atoms with van der Waals surface area (Å²) in [6.45, 7) is 0. The summed E-state index contributed by atoms with van der Waals surface area (Å²) in [5.74, 6) is 1.93.